The molecule has 17 heavy (non-hydrogen) atoms. The molecule has 92 valence electrons. The molecule has 0 bridgehead atoms. The molecule has 0 aliphatic heterocycles. The zero-order valence-electron chi connectivity index (χ0n) is 9.82. The van der Waals surface area contributed by atoms with E-state index in [0.29, 0.717) is 23.2 Å². The summed E-state index contributed by atoms with van der Waals surface area (Å²) in [6.45, 7) is 2.23. The number of carbonyl (C=O) groups is 1. The smallest absolute Gasteiger partial charge is 0.159 e. The van der Waals surface area contributed by atoms with E-state index in [4.69, 9.17) is 16.7 Å². The molecule has 1 aliphatic carbocycles. The quantitative estimate of drug-likeness (QED) is 0.820. The lowest BCUT2D eigenvalue weighted by Crippen LogP contribution is -2.29. The largest absolute Gasteiger partial charge is 0.395 e. The predicted octanol–water partition coefficient (Wildman–Crippen LogP) is 2.50. The second-order valence-corrected chi connectivity index (χ2v) is 4.78. The van der Waals surface area contributed by atoms with Gasteiger partial charge in [-0.1, -0.05) is 11.6 Å². The Hall–Kier alpha value is -1.06. The molecule has 0 radical (unpaired) electrons. The summed E-state index contributed by atoms with van der Waals surface area (Å²) in [7, 11) is 0. The number of aliphatic hydroxyl groups excluding tert-OH is 1. The van der Waals surface area contributed by atoms with Gasteiger partial charge in [0.15, 0.2) is 5.78 Å². The van der Waals surface area contributed by atoms with Gasteiger partial charge < -0.3 is 10.0 Å². The third-order valence-electron chi connectivity index (χ3n) is 2.99. The van der Waals surface area contributed by atoms with Gasteiger partial charge in [0.25, 0.3) is 0 Å². The van der Waals surface area contributed by atoms with E-state index < -0.39 is 0 Å². The molecule has 1 aromatic rings. The molecule has 0 unspecified atom stereocenters. The van der Waals surface area contributed by atoms with Gasteiger partial charge in [-0.3, -0.25) is 4.79 Å². The predicted molar refractivity (Wildman–Crippen MR) is 68.9 cm³/mol. The monoisotopic (exact) mass is 253 g/mol. The number of aliphatic hydroxyl groups is 1. The van der Waals surface area contributed by atoms with Crippen LogP contribution < -0.4 is 4.90 Å². The lowest BCUT2D eigenvalue weighted by Gasteiger charge is -2.25. The summed E-state index contributed by atoms with van der Waals surface area (Å²) in [6, 6.07) is 5.85. The Morgan fingerprint density at radius 1 is 1.53 bits per heavy atom. The molecule has 4 heteroatoms. The first kappa shape index (κ1) is 12.4. The van der Waals surface area contributed by atoms with E-state index >= 15 is 0 Å². The highest BCUT2D eigenvalue weighted by Gasteiger charge is 2.29. The van der Waals surface area contributed by atoms with Gasteiger partial charge in [0.05, 0.1) is 17.3 Å². The number of hydrogen-bond donors (Lipinski definition) is 1. The van der Waals surface area contributed by atoms with Crippen LogP contribution in [0.25, 0.3) is 0 Å². The zero-order chi connectivity index (χ0) is 12.4. The number of rotatable bonds is 5. The SMILES string of the molecule is CC(=O)c1ccc(N(CCO)C2CC2)c(Cl)c1. The van der Waals surface area contributed by atoms with Crippen molar-refractivity contribution in [3.05, 3.63) is 28.8 Å². The van der Waals surface area contributed by atoms with Crippen molar-refractivity contribution in [1.29, 1.82) is 0 Å². The second-order valence-electron chi connectivity index (χ2n) is 4.37. The Morgan fingerprint density at radius 2 is 2.24 bits per heavy atom. The molecule has 1 N–H and O–H groups in total. The Morgan fingerprint density at radius 3 is 2.71 bits per heavy atom. The first-order valence-corrected chi connectivity index (χ1v) is 6.19. The van der Waals surface area contributed by atoms with Gasteiger partial charge in [-0.15, -0.1) is 0 Å². The molecule has 0 heterocycles. The van der Waals surface area contributed by atoms with Crippen molar-refractivity contribution < 1.29 is 9.90 Å². The van der Waals surface area contributed by atoms with E-state index in [0.717, 1.165) is 18.5 Å². The van der Waals surface area contributed by atoms with Gasteiger partial charge in [-0.25, -0.2) is 0 Å². The Kier molecular flexibility index (Phi) is 3.69. The number of Topliss-reactive ketones (excluding diaryl/α,β-unsaturated/α-hetero) is 1. The zero-order valence-corrected chi connectivity index (χ0v) is 10.6. The van der Waals surface area contributed by atoms with Crippen LogP contribution in [0.5, 0.6) is 0 Å². The molecule has 0 atom stereocenters. The summed E-state index contributed by atoms with van der Waals surface area (Å²) in [5.41, 5.74) is 1.53. The summed E-state index contributed by atoms with van der Waals surface area (Å²) >= 11 is 6.20. The third-order valence-corrected chi connectivity index (χ3v) is 3.29. The van der Waals surface area contributed by atoms with Crippen LogP contribution in [0.2, 0.25) is 5.02 Å². The summed E-state index contributed by atoms with van der Waals surface area (Å²) in [6.07, 6.45) is 2.29. The van der Waals surface area contributed by atoms with Crippen molar-refractivity contribution in [1.82, 2.24) is 0 Å². The van der Waals surface area contributed by atoms with Gasteiger partial charge in [-0.05, 0) is 38.0 Å². The highest BCUT2D eigenvalue weighted by Crippen LogP contribution is 2.35. The normalized spacial score (nSPS) is 14.8. The fourth-order valence-corrected chi connectivity index (χ4v) is 2.24. The van der Waals surface area contributed by atoms with E-state index in [1.807, 2.05) is 6.07 Å². The molecule has 1 saturated carbocycles. The number of ketones is 1. The molecule has 0 aromatic heterocycles. The van der Waals surface area contributed by atoms with Crippen LogP contribution in [0, 0.1) is 0 Å². The fourth-order valence-electron chi connectivity index (χ4n) is 1.95. The maximum atomic E-state index is 11.2. The number of carbonyl (C=O) groups excluding carboxylic acids is 1. The van der Waals surface area contributed by atoms with Gasteiger partial charge in [0.1, 0.15) is 0 Å². The summed E-state index contributed by atoms with van der Waals surface area (Å²) in [5, 5.41) is 9.65. The average molecular weight is 254 g/mol. The van der Waals surface area contributed by atoms with Crippen molar-refractivity contribution in [3.8, 4) is 0 Å². The van der Waals surface area contributed by atoms with Crippen LogP contribution in [-0.4, -0.2) is 30.1 Å². The van der Waals surface area contributed by atoms with E-state index in [1.165, 1.54) is 6.92 Å². The highest BCUT2D eigenvalue weighted by molar-refractivity contribution is 6.33. The first-order chi connectivity index (χ1) is 8.13. The molecule has 0 spiro atoms. The fraction of sp³-hybridized carbons (Fsp3) is 0.462. The van der Waals surface area contributed by atoms with Gasteiger partial charge >= 0.3 is 0 Å². The molecule has 3 nitrogen and oxygen atoms in total. The number of benzene rings is 1. The molecule has 1 aliphatic rings. The molecule has 0 amide bonds. The molecule has 0 saturated heterocycles. The highest BCUT2D eigenvalue weighted by atomic mass is 35.5. The van der Waals surface area contributed by atoms with Crippen molar-refractivity contribution >= 4 is 23.1 Å². The lowest BCUT2D eigenvalue weighted by atomic mass is 10.1. The summed E-state index contributed by atoms with van der Waals surface area (Å²) < 4.78 is 0. The number of anilines is 1. The second kappa shape index (κ2) is 5.07. The van der Waals surface area contributed by atoms with Crippen LogP contribution in [0.1, 0.15) is 30.1 Å². The Labute approximate surface area is 106 Å². The summed E-state index contributed by atoms with van der Waals surface area (Å²) in [4.78, 5) is 13.4. The number of hydrogen-bond acceptors (Lipinski definition) is 3. The molecular weight excluding hydrogens is 238 g/mol. The van der Waals surface area contributed by atoms with Crippen LogP contribution in [0.4, 0.5) is 5.69 Å². The van der Waals surface area contributed by atoms with E-state index in [2.05, 4.69) is 4.90 Å². The average Bonchev–Trinajstić information content (AvgIpc) is 3.10. The van der Waals surface area contributed by atoms with Crippen LogP contribution in [-0.2, 0) is 0 Å². The minimum absolute atomic E-state index is 0.0126. The standard InChI is InChI=1S/C13H16ClNO2/c1-9(17)10-2-5-13(12(14)8-10)15(6-7-16)11-3-4-11/h2,5,8,11,16H,3-4,6-7H2,1H3. The lowest BCUT2D eigenvalue weighted by molar-refractivity contribution is 0.101. The molecular formula is C13H16ClNO2. The van der Waals surface area contributed by atoms with Gasteiger partial charge in [-0.2, -0.15) is 0 Å². The summed E-state index contributed by atoms with van der Waals surface area (Å²) in [5.74, 6) is 0.0126. The van der Waals surface area contributed by atoms with E-state index in [9.17, 15) is 4.79 Å². The minimum Gasteiger partial charge on any atom is -0.395 e. The number of halogens is 1. The van der Waals surface area contributed by atoms with E-state index in [1.54, 1.807) is 12.1 Å². The molecule has 1 aromatic carbocycles. The van der Waals surface area contributed by atoms with Crippen molar-refractivity contribution in [2.24, 2.45) is 0 Å². The Bertz CT molecular complexity index is 429. The van der Waals surface area contributed by atoms with E-state index in [-0.39, 0.29) is 12.4 Å². The first-order valence-electron chi connectivity index (χ1n) is 5.81. The van der Waals surface area contributed by atoms with Crippen molar-refractivity contribution in [2.45, 2.75) is 25.8 Å². The van der Waals surface area contributed by atoms with Crippen LogP contribution in [0.15, 0.2) is 18.2 Å². The Balaban J connectivity index is 2.27. The molecule has 2 rings (SSSR count). The minimum atomic E-state index is 0.0126. The van der Waals surface area contributed by atoms with Gasteiger partial charge in [0, 0.05) is 18.2 Å². The van der Waals surface area contributed by atoms with Crippen LogP contribution in [0.3, 0.4) is 0 Å². The van der Waals surface area contributed by atoms with Crippen LogP contribution >= 0.6 is 11.6 Å². The van der Waals surface area contributed by atoms with Crippen molar-refractivity contribution in [3.63, 3.8) is 0 Å². The third kappa shape index (κ3) is 2.79. The molecule has 1 fully saturated rings. The van der Waals surface area contributed by atoms with Gasteiger partial charge in [0.2, 0.25) is 0 Å². The maximum absolute atomic E-state index is 11.2. The number of nitrogens with zero attached hydrogens (tertiary/aromatic N) is 1. The van der Waals surface area contributed by atoms with Crippen molar-refractivity contribution in [2.75, 3.05) is 18.1 Å². The maximum Gasteiger partial charge on any atom is 0.159 e. The topological polar surface area (TPSA) is 40.5 Å².